The largest absolute Gasteiger partial charge is 0.392 e. The second-order valence-electron chi connectivity index (χ2n) is 2.42. The third kappa shape index (κ3) is 4.36. The second-order valence-corrected chi connectivity index (χ2v) is 3.95. The van der Waals surface area contributed by atoms with Crippen molar-refractivity contribution >= 4 is 23.4 Å². The van der Waals surface area contributed by atoms with E-state index in [4.69, 9.17) is 16.7 Å². The summed E-state index contributed by atoms with van der Waals surface area (Å²) in [5.74, 6) is 0.877. The van der Waals surface area contributed by atoms with E-state index in [1.807, 2.05) is 30.3 Å². The van der Waals surface area contributed by atoms with E-state index in [1.54, 1.807) is 17.8 Å². The van der Waals surface area contributed by atoms with Crippen molar-refractivity contribution in [1.29, 1.82) is 0 Å². The summed E-state index contributed by atoms with van der Waals surface area (Å²) in [4.78, 5) is 1.19. The molecule has 0 radical (unpaired) electrons. The number of aliphatic hydroxyl groups excluding tert-OH is 1. The van der Waals surface area contributed by atoms with Gasteiger partial charge in [-0.1, -0.05) is 23.8 Å². The summed E-state index contributed by atoms with van der Waals surface area (Å²) in [6, 6.07) is 7.72. The molecule has 0 amide bonds. The van der Waals surface area contributed by atoms with Crippen LogP contribution in [-0.2, 0) is 0 Å². The van der Waals surface area contributed by atoms with Gasteiger partial charge < -0.3 is 5.11 Å². The Hall–Kier alpha value is -0.440. The van der Waals surface area contributed by atoms with Crippen LogP contribution in [0.3, 0.4) is 0 Å². The first-order valence-corrected chi connectivity index (χ1v) is 5.33. The Morgan fingerprint density at radius 2 is 1.92 bits per heavy atom. The SMILES string of the molecule is OC/C=C/CSc1ccc(Cl)cc1. The molecule has 0 aliphatic carbocycles. The number of thioether (sulfide) groups is 1. The van der Waals surface area contributed by atoms with E-state index in [-0.39, 0.29) is 6.61 Å². The molecular formula is C10H11ClOS. The molecule has 0 bridgehead atoms. The molecule has 1 nitrogen and oxygen atoms in total. The monoisotopic (exact) mass is 214 g/mol. The lowest BCUT2D eigenvalue weighted by Gasteiger charge is -1.97. The van der Waals surface area contributed by atoms with E-state index in [9.17, 15) is 0 Å². The zero-order valence-electron chi connectivity index (χ0n) is 7.11. The molecule has 0 saturated carbocycles. The van der Waals surface area contributed by atoms with Crippen molar-refractivity contribution in [3.63, 3.8) is 0 Å². The van der Waals surface area contributed by atoms with E-state index >= 15 is 0 Å². The first-order chi connectivity index (χ1) is 6.33. The maximum atomic E-state index is 8.49. The number of hydrogen-bond acceptors (Lipinski definition) is 2. The van der Waals surface area contributed by atoms with Crippen LogP contribution in [0.15, 0.2) is 41.3 Å². The quantitative estimate of drug-likeness (QED) is 0.614. The molecular weight excluding hydrogens is 204 g/mol. The van der Waals surface area contributed by atoms with Crippen LogP contribution in [0.2, 0.25) is 5.02 Å². The lowest BCUT2D eigenvalue weighted by molar-refractivity contribution is 0.342. The highest BCUT2D eigenvalue weighted by Gasteiger charge is 1.91. The van der Waals surface area contributed by atoms with Gasteiger partial charge >= 0.3 is 0 Å². The van der Waals surface area contributed by atoms with Crippen LogP contribution in [0.4, 0.5) is 0 Å². The Bertz CT molecular complexity index is 269. The van der Waals surface area contributed by atoms with Crippen LogP contribution >= 0.6 is 23.4 Å². The van der Waals surface area contributed by atoms with Gasteiger partial charge in [0.25, 0.3) is 0 Å². The molecule has 1 N–H and O–H groups in total. The number of benzene rings is 1. The summed E-state index contributed by atoms with van der Waals surface area (Å²) >= 11 is 7.45. The molecule has 0 spiro atoms. The van der Waals surface area contributed by atoms with E-state index < -0.39 is 0 Å². The molecule has 1 rings (SSSR count). The fourth-order valence-corrected chi connectivity index (χ4v) is 1.70. The number of halogens is 1. The minimum Gasteiger partial charge on any atom is -0.392 e. The highest BCUT2D eigenvalue weighted by Crippen LogP contribution is 2.19. The van der Waals surface area contributed by atoms with Gasteiger partial charge in [-0.25, -0.2) is 0 Å². The molecule has 3 heteroatoms. The smallest absolute Gasteiger partial charge is 0.0612 e. The first-order valence-electron chi connectivity index (χ1n) is 3.97. The molecule has 0 fully saturated rings. The third-order valence-corrected chi connectivity index (χ3v) is 2.65. The summed E-state index contributed by atoms with van der Waals surface area (Å²) < 4.78 is 0. The van der Waals surface area contributed by atoms with Gasteiger partial charge in [-0.05, 0) is 24.3 Å². The van der Waals surface area contributed by atoms with Gasteiger partial charge in [0.1, 0.15) is 0 Å². The van der Waals surface area contributed by atoms with Crippen molar-refractivity contribution < 1.29 is 5.11 Å². The van der Waals surface area contributed by atoms with Gasteiger partial charge in [0, 0.05) is 15.7 Å². The van der Waals surface area contributed by atoms with Crippen molar-refractivity contribution in [3.05, 3.63) is 41.4 Å². The third-order valence-electron chi connectivity index (χ3n) is 1.43. The molecule has 13 heavy (non-hydrogen) atoms. The predicted octanol–water partition coefficient (Wildman–Crippen LogP) is 2.98. The summed E-state index contributed by atoms with van der Waals surface area (Å²) in [5.41, 5.74) is 0. The molecule has 0 atom stereocenters. The molecule has 0 aliphatic rings. The Balaban J connectivity index is 2.37. The molecule has 70 valence electrons. The molecule has 1 aromatic carbocycles. The number of hydrogen-bond donors (Lipinski definition) is 1. The van der Waals surface area contributed by atoms with Crippen LogP contribution in [0.25, 0.3) is 0 Å². The van der Waals surface area contributed by atoms with Crippen molar-refractivity contribution in [2.75, 3.05) is 12.4 Å². The molecule has 0 aliphatic heterocycles. The van der Waals surface area contributed by atoms with Crippen LogP contribution in [0, 0.1) is 0 Å². The maximum absolute atomic E-state index is 8.49. The van der Waals surface area contributed by atoms with Crippen molar-refractivity contribution in [3.8, 4) is 0 Å². The Labute approximate surface area is 87.4 Å². The Morgan fingerprint density at radius 3 is 2.54 bits per heavy atom. The number of rotatable bonds is 4. The maximum Gasteiger partial charge on any atom is 0.0612 e. The van der Waals surface area contributed by atoms with Crippen molar-refractivity contribution in [1.82, 2.24) is 0 Å². The van der Waals surface area contributed by atoms with E-state index in [0.29, 0.717) is 0 Å². The fraction of sp³-hybridized carbons (Fsp3) is 0.200. The highest BCUT2D eigenvalue weighted by atomic mass is 35.5. The van der Waals surface area contributed by atoms with Gasteiger partial charge in [-0.2, -0.15) is 0 Å². The van der Waals surface area contributed by atoms with Crippen LogP contribution in [-0.4, -0.2) is 17.5 Å². The van der Waals surface area contributed by atoms with Gasteiger partial charge in [0.15, 0.2) is 0 Å². The minimum atomic E-state index is 0.112. The van der Waals surface area contributed by atoms with Gasteiger partial charge in [0.2, 0.25) is 0 Å². The zero-order chi connectivity index (χ0) is 9.52. The second kappa shape index (κ2) is 6.08. The molecule has 1 aromatic rings. The summed E-state index contributed by atoms with van der Waals surface area (Å²) in [5, 5.41) is 9.25. The predicted molar refractivity (Wildman–Crippen MR) is 58.4 cm³/mol. The van der Waals surface area contributed by atoms with Gasteiger partial charge in [-0.3, -0.25) is 0 Å². The Kier molecular flexibility index (Phi) is 4.98. The lowest BCUT2D eigenvalue weighted by Crippen LogP contribution is -1.76. The van der Waals surface area contributed by atoms with Crippen molar-refractivity contribution in [2.24, 2.45) is 0 Å². The first kappa shape index (κ1) is 10.6. The molecule has 0 saturated heterocycles. The topological polar surface area (TPSA) is 20.2 Å². The van der Waals surface area contributed by atoms with Gasteiger partial charge in [0.05, 0.1) is 6.61 Å². The number of aliphatic hydroxyl groups is 1. The average Bonchev–Trinajstić information content (AvgIpc) is 2.15. The molecule has 0 unspecified atom stereocenters. The summed E-state index contributed by atoms with van der Waals surface area (Å²) in [6.45, 7) is 0.112. The standard InChI is InChI=1S/C10H11ClOS/c11-9-3-5-10(6-4-9)13-8-2-1-7-12/h1-6,12H,7-8H2/b2-1+. The van der Waals surface area contributed by atoms with E-state index in [0.717, 1.165) is 10.8 Å². The molecule has 0 heterocycles. The van der Waals surface area contributed by atoms with E-state index in [2.05, 4.69) is 0 Å². The normalized spacial score (nSPS) is 10.9. The fourth-order valence-electron chi connectivity index (χ4n) is 0.818. The van der Waals surface area contributed by atoms with Crippen LogP contribution in [0.5, 0.6) is 0 Å². The molecule has 0 aromatic heterocycles. The summed E-state index contributed by atoms with van der Waals surface area (Å²) in [7, 11) is 0. The zero-order valence-corrected chi connectivity index (χ0v) is 8.68. The Morgan fingerprint density at radius 1 is 1.23 bits per heavy atom. The van der Waals surface area contributed by atoms with Crippen molar-refractivity contribution in [2.45, 2.75) is 4.90 Å². The van der Waals surface area contributed by atoms with Gasteiger partial charge in [-0.15, -0.1) is 11.8 Å². The summed E-state index contributed by atoms with van der Waals surface area (Å²) in [6.07, 6.45) is 3.68. The lowest BCUT2D eigenvalue weighted by atomic mass is 10.4. The highest BCUT2D eigenvalue weighted by molar-refractivity contribution is 7.99. The van der Waals surface area contributed by atoms with Crippen LogP contribution in [0.1, 0.15) is 0 Å². The van der Waals surface area contributed by atoms with Crippen LogP contribution < -0.4 is 0 Å². The average molecular weight is 215 g/mol. The minimum absolute atomic E-state index is 0.112. The van der Waals surface area contributed by atoms with E-state index in [1.165, 1.54) is 4.90 Å².